The lowest BCUT2D eigenvalue weighted by Crippen LogP contribution is -2.14. The highest BCUT2D eigenvalue weighted by Gasteiger charge is 2.22. The Balaban J connectivity index is 2.63. The van der Waals surface area contributed by atoms with E-state index in [9.17, 15) is 13.6 Å². The van der Waals surface area contributed by atoms with Gasteiger partial charge in [-0.15, -0.1) is 11.8 Å². The van der Waals surface area contributed by atoms with Crippen LogP contribution in [0.1, 0.15) is 15.9 Å². The van der Waals surface area contributed by atoms with Crippen molar-refractivity contribution in [3.05, 3.63) is 34.9 Å². The molecule has 0 saturated heterocycles. The Kier molecular flexibility index (Phi) is 2.07. The molecule has 0 bridgehead atoms. The average Bonchev–Trinajstić information content (AvgIpc) is 2.02. The molecule has 0 aromatic heterocycles. The summed E-state index contributed by atoms with van der Waals surface area (Å²) in [5.41, 5.74) is 0.541. The van der Waals surface area contributed by atoms with Crippen molar-refractivity contribution in [3.8, 4) is 0 Å². The van der Waals surface area contributed by atoms with E-state index in [1.165, 1.54) is 17.8 Å². The van der Waals surface area contributed by atoms with Gasteiger partial charge in [-0.1, -0.05) is 0 Å². The van der Waals surface area contributed by atoms with Gasteiger partial charge in [-0.2, -0.15) is 0 Å². The molecule has 13 heavy (non-hydrogen) atoms. The standard InChI is InChI=1S/C9H6F2OS/c10-6-1-5-3-13-4-8(12)9(5)7(11)2-6/h1-2H,3-4H2. The summed E-state index contributed by atoms with van der Waals surface area (Å²) in [7, 11) is 0. The molecule has 1 nitrogen and oxygen atoms in total. The molecule has 0 radical (unpaired) electrons. The number of ketones is 1. The van der Waals surface area contributed by atoms with Crippen molar-refractivity contribution in [1.82, 2.24) is 0 Å². The van der Waals surface area contributed by atoms with Crippen molar-refractivity contribution in [3.63, 3.8) is 0 Å². The lowest BCUT2D eigenvalue weighted by Gasteiger charge is -2.14. The van der Waals surface area contributed by atoms with Crippen LogP contribution in [0.4, 0.5) is 8.78 Å². The Hall–Kier alpha value is -0.900. The molecule has 0 fully saturated rings. The van der Waals surface area contributed by atoms with Gasteiger partial charge < -0.3 is 0 Å². The topological polar surface area (TPSA) is 17.1 Å². The van der Waals surface area contributed by atoms with E-state index in [1.54, 1.807) is 0 Å². The Bertz CT molecular complexity index is 376. The highest BCUT2D eigenvalue weighted by atomic mass is 32.2. The quantitative estimate of drug-likeness (QED) is 0.639. The molecule has 0 atom stereocenters. The number of rotatable bonds is 0. The number of halogens is 2. The van der Waals surface area contributed by atoms with Crippen molar-refractivity contribution < 1.29 is 13.6 Å². The molecule has 0 saturated carbocycles. The maximum absolute atomic E-state index is 13.1. The molecule has 1 aromatic carbocycles. The minimum Gasteiger partial charge on any atom is -0.293 e. The fraction of sp³-hybridized carbons (Fsp3) is 0.222. The van der Waals surface area contributed by atoms with E-state index in [1.807, 2.05) is 0 Å². The fourth-order valence-corrected chi connectivity index (χ4v) is 2.26. The number of Topliss-reactive ketones (excluding diaryl/α,β-unsaturated/α-hetero) is 1. The molecule has 0 spiro atoms. The first-order chi connectivity index (χ1) is 6.18. The monoisotopic (exact) mass is 200 g/mol. The van der Waals surface area contributed by atoms with E-state index in [-0.39, 0.29) is 17.1 Å². The van der Waals surface area contributed by atoms with Gasteiger partial charge in [-0.3, -0.25) is 4.79 Å². The highest BCUT2D eigenvalue weighted by Crippen LogP contribution is 2.27. The Labute approximate surface area is 78.1 Å². The molecule has 4 heteroatoms. The van der Waals surface area contributed by atoms with Gasteiger partial charge in [0.05, 0.1) is 11.3 Å². The summed E-state index contributed by atoms with van der Waals surface area (Å²) < 4.78 is 25.8. The van der Waals surface area contributed by atoms with Crippen molar-refractivity contribution >= 4 is 17.5 Å². The third kappa shape index (κ3) is 1.46. The number of thioether (sulfide) groups is 1. The van der Waals surface area contributed by atoms with Crippen molar-refractivity contribution in [2.24, 2.45) is 0 Å². The van der Waals surface area contributed by atoms with Crippen molar-refractivity contribution in [2.75, 3.05) is 5.75 Å². The van der Waals surface area contributed by atoms with Crippen LogP contribution in [0.5, 0.6) is 0 Å². The van der Waals surface area contributed by atoms with Crippen molar-refractivity contribution in [1.29, 1.82) is 0 Å². The second kappa shape index (κ2) is 3.10. The Morgan fingerprint density at radius 1 is 1.23 bits per heavy atom. The van der Waals surface area contributed by atoms with Gasteiger partial charge in [0, 0.05) is 11.8 Å². The number of carbonyl (C=O) groups excluding carboxylic acids is 1. The molecular weight excluding hydrogens is 194 g/mol. The van der Waals surface area contributed by atoms with E-state index in [0.29, 0.717) is 11.3 Å². The maximum Gasteiger partial charge on any atom is 0.175 e. The van der Waals surface area contributed by atoms with Crippen LogP contribution in [0.25, 0.3) is 0 Å². The van der Waals surface area contributed by atoms with Gasteiger partial charge in [0.1, 0.15) is 11.6 Å². The second-order valence-electron chi connectivity index (χ2n) is 2.84. The van der Waals surface area contributed by atoms with Crippen molar-refractivity contribution in [2.45, 2.75) is 5.75 Å². The Morgan fingerprint density at radius 2 is 2.00 bits per heavy atom. The normalized spacial score (nSPS) is 15.7. The van der Waals surface area contributed by atoms with Crippen LogP contribution in [0.15, 0.2) is 12.1 Å². The minimum absolute atomic E-state index is 0.0696. The smallest absolute Gasteiger partial charge is 0.175 e. The molecule has 0 aliphatic carbocycles. The van der Waals surface area contributed by atoms with E-state index in [2.05, 4.69) is 0 Å². The lowest BCUT2D eigenvalue weighted by atomic mass is 10.0. The largest absolute Gasteiger partial charge is 0.293 e. The fourth-order valence-electron chi connectivity index (χ4n) is 1.38. The maximum atomic E-state index is 13.1. The summed E-state index contributed by atoms with van der Waals surface area (Å²) in [4.78, 5) is 11.2. The number of hydrogen-bond acceptors (Lipinski definition) is 2. The van der Waals surface area contributed by atoms with Crippen LogP contribution in [-0.4, -0.2) is 11.5 Å². The number of carbonyl (C=O) groups is 1. The minimum atomic E-state index is -0.736. The van der Waals surface area contributed by atoms with E-state index < -0.39 is 11.6 Å². The van der Waals surface area contributed by atoms with Crippen LogP contribution in [-0.2, 0) is 5.75 Å². The van der Waals surface area contributed by atoms with Gasteiger partial charge in [-0.25, -0.2) is 8.78 Å². The number of fused-ring (bicyclic) bond motifs is 1. The zero-order chi connectivity index (χ0) is 9.42. The SMILES string of the molecule is O=C1CSCc2cc(F)cc(F)c21. The molecule has 0 N–H and O–H groups in total. The second-order valence-corrected chi connectivity index (χ2v) is 3.82. The first-order valence-electron chi connectivity index (χ1n) is 3.77. The zero-order valence-corrected chi connectivity index (χ0v) is 7.46. The molecule has 1 heterocycles. The van der Waals surface area contributed by atoms with Gasteiger partial charge in [0.25, 0.3) is 0 Å². The molecule has 1 aromatic rings. The number of benzene rings is 1. The summed E-state index contributed by atoms with van der Waals surface area (Å²) in [6, 6.07) is 1.98. The molecule has 0 unspecified atom stereocenters. The summed E-state index contributed by atoms with van der Waals surface area (Å²) in [6.45, 7) is 0. The molecule has 68 valence electrons. The summed E-state index contributed by atoms with van der Waals surface area (Å²) in [5.74, 6) is -0.804. The zero-order valence-electron chi connectivity index (χ0n) is 6.64. The summed E-state index contributed by atoms with van der Waals surface area (Å²) in [6.07, 6.45) is 0. The predicted octanol–water partition coefficient (Wildman–Crippen LogP) is 2.39. The Morgan fingerprint density at radius 3 is 2.77 bits per heavy atom. The molecular formula is C9H6F2OS. The van der Waals surface area contributed by atoms with Gasteiger partial charge >= 0.3 is 0 Å². The highest BCUT2D eigenvalue weighted by molar-refractivity contribution is 7.99. The van der Waals surface area contributed by atoms with Crippen LogP contribution in [0, 0.1) is 11.6 Å². The predicted molar refractivity (Wildman–Crippen MR) is 46.9 cm³/mol. The average molecular weight is 200 g/mol. The van der Waals surface area contributed by atoms with Crippen LogP contribution >= 0.6 is 11.8 Å². The summed E-state index contributed by atoms with van der Waals surface area (Å²) in [5, 5.41) is 0. The van der Waals surface area contributed by atoms with Crippen LogP contribution < -0.4 is 0 Å². The van der Waals surface area contributed by atoms with E-state index in [4.69, 9.17) is 0 Å². The first kappa shape index (κ1) is 8.69. The van der Waals surface area contributed by atoms with E-state index >= 15 is 0 Å². The first-order valence-corrected chi connectivity index (χ1v) is 4.93. The third-order valence-electron chi connectivity index (χ3n) is 1.91. The molecule has 0 amide bonds. The van der Waals surface area contributed by atoms with Gasteiger partial charge in [-0.05, 0) is 11.6 Å². The van der Waals surface area contributed by atoms with Crippen LogP contribution in [0.2, 0.25) is 0 Å². The number of hydrogen-bond donors (Lipinski definition) is 0. The molecule has 1 aliphatic heterocycles. The molecule has 1 aliphatic rings. The third-order valence-corrected chi connectivity index (χ3v) is 2.89. The van der Waals surface area contributed by atoms with Gasteiger partial charge in [0.15, 0.2) is 5.78 Å². The summed E-state index contributed by atoms with van der Waals surface area (Å²) >= 11 is 1.38. The van der Waals surface area contributed by atoms with Gasteiger partial charge in [0.2, 0.25) is 0 Å². The molecule has 2 rings (SSSR count). The van der Waals surface area contributed by atoms with E-state index in [0.717, 1.165) is 6.07 Å². The lowest BCUT2D eigenvalue weighted by molar-refractivity contribution is 0.101. The van der Waals surface area contributed by atoms with Crippen LogP contribution in [0.3, 0.4) is 0 Å².